The van der Waals surface area contributed by atoms with Gasteiger partial charge in [-0.15, -0.1) is 0 Å². The molecular formula is C22H28FNO. The summed E-state index contributed by atoms with van der Waals surface area (Å²) in [6.07, 6.45) is 4.74. The van der Waals surface area contributed by atoms with E-state index in [-0.39, 0.29) is 5.82 Å². The lowest BCUT2D eigenvalue weighted by Gasteiger charge is -2.19. The standard InChI is InChI=1S/C22H28FNO/c1-16(18-8-10-20(23)11-9-18)14-17-6-12-21(13-7-17)25-15-19-4-3-5-22(19)24-2/h6-13,16,19,22,24H,3-5,14-15H2,1-2H3. The molecule has 1 N–H and O–H groups in total. The van der Waals surface area contributed by atoms with Gasteiger partial charge in [0.1, 0.15) is 11.6 Å². The van der Waals surface area contributed by atoms with E-state index in [2.05, 4.69) is 36.5 Å². The fraction of sp³-hybridized carbons (Fsp3) is 0.455. The van der Waals surface area contributed by atoms with Crippen molar-refractivity contribution in [2.45, 2.75) is 44.6 Å². The van der Waals surface area contributed by atoms with Crippen LogP contribution in [-0.2, 0) is 6.42 Å². The average Bonchev–Trinajstić information content (AvgIpc) is 3.09. The quantitative estimate of drug-likeness (QED) is 0.770. The maximum Gasteiger partial charge on any atom is 0.123 e. The summed E-state index contributed by atoms with van der Waals surface area (Å²) in [6, 6.07) is 15.8. The maximum atomic E-state index is 13.0. The molecule has 0 heterocycles. The van der Waals surface area contributed by atoms with Gasteiger partial charge in [0.05, 0.1) is 6.61 Å². The monoisotopic (exact) mass is 341 g/mol. The molecule has 0 spiro atoms. The zero-order chi connectivity index (χ0) is 17.6. The first-order valence-electron chi connectivity index (χ1n) is 9.30. The molecule has 0 aliphatic heterocycles. The van der Waals surface area contributed by atoms with E-state index in [0.717, 1.165) is 18.8 Å². The molecule has 25 heavy (non-hydrogen) atoms. The Kier molecular flexibility index (Phi) is 6.09. The lowest BCUT2D eigenvalue weighted by molar-refractivity contribution is 0.229. The Bertz CT molecular complexity index is 653. The van der Waals surface area contributed by atoms with Crippen LogP contribution in [0.2, 0.25) is 0 Å². The summed E-state index contributed by atoms with van der Waals surface area (Å²) in [6.45, 7) is 2.96. The van der Waals surface area contributed by atoms with Crippen molar-refractivity contribution in [3.63, 3.8) is 0 Å². The normalized spacial score (nSPS) is 21.2. The van der Waals surface area contributed by atoms with Crippen LogP contribution in [0.1, 0.15) is 43.2 Å². The molecule has 1 saturated carbocycles. The lowest BCUT2D eigenvalue weighted by Crippen LogP contribution is -2.32. The second kappa shape index (κ2) is 8.48. The summed E-state index contributed by atoms with van der Waals surface area (Å²) < 4.78 is 19.0. The van der Waals surface area contributed by atoms with Crippen LogP contribution in [-0.4, -0.2) is 19.7 Å². The molecule has 2 nitrogen and oxygen atoms in total. The minimum atomic E-state index is -0.180. The van der Waals surface area contributed by atoms with Gasteiger partial charge in [-0.3, -0.25) is 0 Å². The van der Waals surface area contributed by atoms with E-state index in [1.807, 2.05) is 19.2 Å². The molecule has 134 valence electrons. The van der Waals surface area contributed by atoms with Gasteiger partial charge in [-0.25, -0.2) is 4.39 Å². The van der Waals surface area contributed by atoms with E-state index in [4.69, 9.17) is 4.74 Å². The molecule has 2 aromatic rings. The molecule has 1 fully saturated rings. The maximum absolute atomic E-state index is 13.0. The van der Waals surface area contributed by atoms with Gasteiger partial charge in [0.15, 0.2) is 0 Å². The Labute approximate surface area is 150 Å². The average molecular weight is 341 g/mol. The van der Waals surface area contributed by atoms with Crippen LogP contribution >= 0.6 is 0 Å². The van der Waals surface area contributed by atoms with Crippen LogP contribution < -0.4 is 10.1 Å². The molecule has 3 rings (SSSR count). The summed E-state index contributed by atoms with van der Waals surface area (Å²) in [7, 11) is 2.04. The van der Waals surface area contributed by atoms with Crippen LogP contribution in [0.3, 0.4) is 0 Å². The SMILES string of the molecule is CNC1CCCC1COc1ccc(CC(C)c2ccc(F)cc2)cc1. The Morgan fingerprint density at radius 3 is 2.48 bits per heavy atom. The third-order valence-corrected chi connectivity index (χ3v) is 5.40. The van der Waals surface area contributed by atoms with E-state index < -0.39 is 0 Å². The minimum Gasteiger partial charge on any atom is -0.493 e. The third kappa shape index (κ3) is 4.82. The highest BCUT2D eigenvalue weighted by Gasteiger charge is 2.26. The van der Waals surface area contributed by atoms with E-state index in [1.165, 1.54) is 42.5 Å². The Balaban J connectivity index is 1.52. The predicted molar refractivity (Wildman–Crippen MR) is 101 cm³/mol. The fourth-order valence-corrected chi connectivity index (χ4v) is 3.80. The molecule has 0 saturated heterocycles. The highest BCUT2D eigenvalue weighted by molar-refractivity contribution is 5.29. The first kappa shape index (κ1) is 17.9. The molecule has 2 aromatic carbocycles. The molecule has 3 atom stereocenters. The summed E-state index contributed by atoms with van der Waals surface area (Å²) in [4.78, 5) is 0. The topological polar surface area (TPSA) is 21.3 Å². The number of halogens is 1. The summed E-state index contributed by atoms with van der Waals surface area (Å²) in [5, 5.41) is 3.40. The Morgan fingerprint density at radius 2 is 1.80 bits per heavy atom. The van der Waals surface area contributed by atoms with Crippen molar-refractivity contribution in [1.82, 2.24) is 5.32 Å². The number of hydrogen-bond acceptors (Lipinski definition) is 2. The van der Waals surface area contributed by atoms with Gasteiger partial charge in [-0.05, 0) is 67.6 Å². The zero-order valence-corrected chi connectivity index (χ0v) is 15.2. The van der Waals surface area contributed by atoms with Crippen molar-refractivity contribution in [1.29, 1.82) is 0 Å². The highest BCUT2D eigenvalue weighted by Crippen LogP contribution is 2.27. The number of nitrogens with one attached hydrogen (secondary N) is 1. The predicted octanol–water partition coefficient (Wildman–Crippen LogP) is 4.94. The van der Waals surface area contributed by atoms with Crippen molar-refractivity contribution in [3.05, 3.63) is 65.5 Å². The van der Waals surface area contributed by atoms with Crippen LogP contribution in [0.15, 0.2) is 48.5 Å². The van der Waals surface area contributed by atoms with Gasteiger partial charge in [-0.1, -0.05) is 37.6 Å². The number of hydrogen-bond donors (Lipinski definition) is 1. The molecule has 3 heteroatoms. The summed E-state index contributed by atoms with van der Waals surface area (Å²) in [5.41, 5.74) is 2.44. The number of ether oxygens (including phenoxy) is 1. The number of rotatable bonds is 7. The lowest BCUT2D eigenvalue weighted by atomic mass is 9.94. The largest absolute Gasteiger partial charge is 0.493 e. The Hall–Kier alpha value is -1.87. The van der Waals surface area contributed by atoms with Crippen molar-refractivity contribution in [2.24, 2.45) is 5.92 Å². The smallest absolute Gasteiger partial charge is 0.123 e. The van der Waals surface area contributed by atoms with Gasteiger partial charge in [0.2, 0.25) is 0 Å². The van der Waals surface area contributed by atoms with E-state index in [0.29, 0.717) is 17.9 Å². The molecule has 0 radical (unpaired) electrons. The van der Waals surface area contributed by atoms with Crippen LogP contribution in [0.5, 0.6) is 5.75 Å². The van der Waals surface area contributed by atoms with E-state index >= 15 is 0 Å². The van der Waals surface area contributed by atoms with Crippen LogP contribution in [0.4, 0.5) is 4.39 Å². The van der Waals surface area contributed by atoms with Crippen LogP contribution in [0, 0.1) is 11.7 Å². The molecule has 0 amide bonds. The first-order chi connectivity index (χ1) is 12.2. The van der Waals surface area contributed by atoms with Crippen molar-refractivity contribution in [2.75, 3.05) is 13.7 Å². The van der Waals surface area contributed by atoms with Gasteiger partial charge in [0.25, 0.3) is 0 Å². The summed E-state index contributed by atoms with van der Waals surface area (Å²) in [5.74, 6) is 1.74. The first-order valence-corrected chi connectivity index (χ1v) is 9.30. The molecule has 0 aromatic heterocycles. The van der Waals surface area contributed by atoms with Crippen molar-refractivity contribution >= 4 is 0 Å². The number of benzene rings is 2. The molecular weight excluding hydrogens is 313 g/mol. The highest BCUT2D eigenvalue weighted by atomic mass is 19.1. The minimum absolute atomic E-state index is 0.180. The zero-order valence-electron chi connectivity index (χ0n) is 15.2. The molecule has 1 aliphatic rings. The Morgan fingerprint density at radius 1 is 1.08 bits per heavy atom. The van der Waals surface area contributed by atoms with E-state index in [9.17, 15) is 4.39 Å². The van der Waals surface area contributed by atoms with Gasteiger partial charge < -0.3 is 10.1 Å². The molecule has 3 unspecified atom stereocenters. The second-order valence-corrected chi connectivity index (χ2v) is 7.20. The fourth-order valence-electron chi connectivity index (χ4n) is 3.80. The van der Waals surface area contributed by atoms with Crippen molar-refractivity contribution in [3.8, 4) is 5.75 Å². The molecule has 1 aliphatic carbocycles. The molecule has 0 bridgehead atoms. The van der Waals surface area contributed by atoms with Crippen molar-refractivity contribution < 1.29 is 9.13 Å². The van der Waals surface area contributed by atoms with E-state index in [1.54, 1.807) is 0 Å². The third-order valence-electron chi connectivity index (χ3n) is 5.40. The second-order valence-electron chi connectivity index (χ2n) is 7.20. The van der Waals surface area contributed by atoms with Gasteiger partial charge >= 0.3 is 0 Å². The van der Waals surface area contributed by atoms with Gasteiger partial charge in [-0.2, -0.15) is 0 Å². The van der Waals surface area contributed by atoms with Crippen LogP contribution in [0.25, 0.3) is 0 Å². The van der Waals surface area contributed by atoms with Gasteiger partial charge in [0, 0.05) is 12.0 Å². The summed E-state index contributed by atoms with van der Waals surface area (Å²) >= 11 is 0.